The SMILES string of the molecule is C=CCOC(=O)c1sc2nc(-c3ccc(Cl)cc3)cn2c1C. The fourth-order valence-corrected chi connectivity index (χ4v) is 3.23. The van der Waals surface area contributed by atoms with Crippen molar-refractivity contribution < 1.29 is 9.53 Å². The van der Waals surface area contributed by atoms with Crippen LogP contribution in [0.3, 0.4) is 0 Å². The van der Waals surface area contributed by atoms with Gasteiger partial charge in [0, 0.05) is 22.5 Å². The molecule has 0 unspecified atom stereocenters. The Morgan fingerprint density at radius 2 is 2.18 bits per heavy atom. The molecule has 0 aliphatic carbocycles. The summed E-state index contributed by atoms with van der Waals surface area (Å²) >= 11 is 7.22. The number of thiazole rings is 1. The number of hydrogen-bond donors (Lipinski definition) is 0. The average Bonchev–Trinajstić information content (AvgIpc) is 3.06. The van der Waals surface area contributed by atoms with E-state index in [9.17, 15) is 4.79 Å². The molecule has 0 aliphatic heterocycles. The van der Waals surface area contributed by atoms with Crippen LogP contribution in [-0.4, -0.2) is 22.0 Å². The van der Waals surface area contributed by atoms with Gasteiger partial charge in [-0.2, -0.15) is 0 Å². The van der Waals surface area contributed by atoms with E-state index in [1.165, 1.54) is 11.3 Å². The number of aromatic nitrogens is 2. The normalized spacial score (nSPS) is 10.8. The Balaban J connectivity index is 1.97. The summed E-state index contributed by atoms with van der Waals surface area (Å²) in [5.74, 6) is -0.346. The molecule has 4 nitrogen and oxygen atoms in total. The van der Waals surface area contributed by atoms with E-state index in [0.717, 1.165) is 21.9 Å². The number of ether oxygens (including phenoxy) is 1. The molecule has 0 atom stereocenters. The summed E-state index contributed by atoms with van der Waals surface area (Å²) in [6.45, 7) is 5.61. The van der Waals surface area contributed by atoms with E-state index >= 15 is 0 Å². The lowest BCUT2D eigenvalue weighted by Crippen LogP contribution is -2.05. The van der Waals surface area contributed by atoms with Crippen LogP contribution in [0.1, 0.15) is 15.4 Å². The number of fused-ring (bicyclic) bond motifs is 1. The maximum Gasteiger partial charge on any atom is 0.350 e. The first-order valence-electron chi connectivity index (χ1n) is 6.62. The van der Waals surface area contributed by atoms with Gasteiger partial charge >= 0.3 is 5.97 Å². The second-order valence-corrected chi connectivity index (χ2v) is 6.10. The number of aryl methyl sites for hydroxylation is 1. The molecular formula is C16H13ClN2O2S. The van der Waals surface area contributed by atoms with Crippen LogP contribution >= 0.6 is 22.9 Å². The molecule has 0 fully saturated rings. The molecule has 0 saturated heterocycles. The topological polar surface area (TPSA) is 43.6 Å². The second kappa shape index (κ2) is 5.94. The molecule has 3 aromatic rings. The van der Waals surface area contributed by atoms with Crippen LogP contribution in [-0.2, 0) is 4.74 Å². The second-order valence-electron chi connectivity index (χ2n) is 4.69. The fourth-order valence-electron chi connectivity index (χ4n) is 2.10. The summed E-state index contributed by atoms with van der Waals surface area (Å²) in [5.41, 5.74) is 2.65. The molecule has 1 aromatic carbocycles. The summed E-state index contributed by atoms with van der Waals surface area (Å²) in [7, 11) is 0. The van der Waals surface area contributed by atoms with E-state index in [1.807, 2.05) is 41.8 Å². The highest BCUT2D eigenvalue weighted by Crippen LogP contribution is 2.28. The molecule has 2 aromatic heterocycles. The minimum absolute atomic E-state index is 0.203. The number of esters is 1. The quantitative estimate of drug-likeness (QED) is 0.526. The molecule has 0 bridgehead atoms. The number of carbonyl (C=O) groups is 1. The molecule has 2 heterocycles. The highest BCUT2D eigenvalue weighted by molar-refractivity contribution is 7.19. The molecule has 112 valence electrons. The minimum atomic E-state index is -0.346. The molecule has 0 aliphatic rings. The zero-order valence-corrected chi connectivity index (χ0v) is 13.4. The first-order chi connectivity index (χ1) is 10.6. The summed E-state index contributed by atoms with van der Waals surface area (Å²) < 4.78 is 6.98. The molecule has 0 spiro atoms. The van der Waals surface area contributed by atoms with Gasteiger partial charge in [0.25, 0.3) is 0 Å². The largest absolute Gasteiger partial charge is 0.457 e. The lowest BCUT2D eigenvalue weighted by atomic mass is 10.2. The van der Waals surface area contributed by atoms with Crippen molar-refractivity contribution in [3.8, 4) is 11.3 Å². The van der Waals surface area contributed by atoms with Gasteiger partial charge in [-0.25, -0.2) is 9.78 Å². The third kappa shape index (κ3) is 2.65. The van der Waals surface area contributed by atoms with Crippen molar-refractivity contribution in [1.82, 2.24) is 9.38 Å². The van der Waals surface area contributed by atoms with Crippen LogP contribution in [0.5, 0.6) is 0 Å². The van der Waals surface area contributed by atoms with E-state index in [4.69, 9.17) is 16.3 Å². The molecule has 0 N–H and O–H groups in total. The number of benzene rings is 1. The van der Waals surface area contributed by atoms with Gasteiger partial charge in [-0.05, 0) is 19.1 Å². The molecule has 0 radical (unpaired) electrons. The van der Waals surface area contributed by atoms with Gasteiger partial charge in [0.15, 0.2) is 4.96 Å². The van der Waals surface area contributed by atoms with Crippen LogP contribution in [0, 0.1) is 6.92 Å². The van der Waals surface area contributed by atoms with Crippen molar-refractivity contribution in [2.45, 2.75) is 6.92 Å². The van der Waals surface area contributed by atoms with Gasteiger partial charge in [0.1, 0.15) is 11.5 Å². The summed E-state index contributed by atoms with van der Waals surface area (Å²) in [6.07, 6.45) is 3.46. The zero-order valence-electron chi connectivity index (χ0n) is 11.9. The van der Waals surface area contributed by atoms with Crippen molar-refractivity contribution >= 4 is 33.9 Å². The lowest BCUT2D eigenvalue weighted by molar-refractivity contribution is 0.0554. The van der Waals surface area contributed by atoms with Crippen LogP contribution in [0.2, 0.25) is 5.02 Å². The van der Waals surface area contributed by atoms with E-state index in [1.54, 1.807) is 6.08 Å². The number of halogens is 1. The van der Waals surface area contributed by atoms with Gasteiger partial charge in [-0.3, -0.25) is 4.40 Å². The molecular weight excluding hydrogens is 320 g/mol. The number of carbonyl (C=O) groups excluding carboxylic acids is 1. The molecule has 0 amide bonds. The predicted octanol–water partition coefficient (Wildman–Crippen LogP) is 4.37. The highest BCUT2D eigenvalue weighted by atomic mass is 35.5. The van der Waals surface area contributed by atoms with Crippen LogP contribution in [0.15, 0.2) is 43.1 Å². The fraction of sp³-hybridized carbons (Fsp3) is 0.125. The van der Waals surface area contributed by atoms with Crippen LogP contribution < -0.4 is 0 Å². The first kappa shape index (κ1) is 14.8. The minimum Gasteiger partial charge on any atom is -0.457 e. The van der Waals surface area contributed by atoms with Gasteiger partial charge < -0.3 is 4.74 Å². The average molecular weight is 333 g/mol. The Labute approximate surface area is 136 Å². The Hall–Kier alpha value is -2.11. The summed E-state index contributed by atoms with van der Waals surface area (Å²) in [4.78, 5) is 17.9. The van der Waals surface area contributed by atoms with Gasteiger partial charge in [-0.1, -0.05) is 47.7 Å². The number of imidazole rings is 1. The Morgan fingerprint density at radius 1 is 1.45 bits per heavy atom. The summed E-state index contributed by atoms with van der Waals surface area (Å²) in [6, 6.07) is 7.50. The van der Waals surface area contributed by atoms with E-state index in [0.29, 0.717) is 9.90 Å². The smallest absolute Gasteiger partial charge is 0.350 e. The Morgan fingerprint density at radius 3 is 2.82 bits per heavy atom. The molecule has 6 heteroatoms. The maximum absolute atomic E-state index is 12.0. The van der Waals surface area contributed by atoms with E-state index in [2.05, 4.69) is 11.6 Å². The Bertz CT molecular complexity index is 849. The van der Waals surface area contributed by atoms with Gasteiger partial charge in [0.05, 0.1) is 5.69 Å². The van der Waals surface area contributed by atoms with Crippen LogP contribution in [0.4, 0.5) is 0 Å². The highest BCUT2D eigenvalue weighted by Gasteiger charge is 2.18. The lowest BCUT2D eigenvalue weighted by Gasteiger charge is -2.00. The van der Waals surface area contributed by atoms with Crippen molar-refractivity contribution in [2.75, 3.05) is 6.61 Å². The zero-order chi connectivity index (χ0) is 15.7. The molecule has 22 heavy (non-hydrogen) atoms. The van der Waals surface area contributed by atoms with E-state index < -0.39 is 0 Å². The van der Waals surface area contributed by atoms with Gasteiger partial charge in [-0.15, -0.1) is 0 Å². The van der Waals surface area contributed by atoms with E-state index in [-0.39, 0.29) is 12.6 Å². The maximum atomic E-state index is 12.0. The van der Waals surface area contributed by atoms with Crippen LogP contribution in [0.25, 0.3) is 16.2 Å². The third-order valence-electron chi connectivity index (χ3n) is 3.21. The predicted molar refractivity (Wildman–Crippen MR) is 88.7 cm³/mol. The van der Waals surface area contributed by atoms with Crippen molar-refractivity contribution in [3.05, 3.63) is 58.7 Å². The molecule has 3 rings (SSSR count). The first-order valence-corrected chi connectivity index (χ1v) is 7.82. The Kier molecular flexibility index (Phi) is 4.00. The number of hydrogen-bond acceptors (Lipinski definition) is 4. The summed E-state index contributed by atoms with van der Waals surface area (Å²) in [5, 5.41) is 0.688. The van der Waals surface area contributed by atoms with Crippen molar-refractivity contribution in [1.29, 1.82) is 0 Å². The standard InChI is InChI=1S/C16H13ClN2O2S/c1-3-8-21-15(20)14-10(2)19-9-13(18-16(19)22-14)11-4-6-12(17)7-5-11/h3-7,9H,1,8H2,2H3. The van der Waals surface area contributed by atoms with Crippen molar-refractivity contribution in [3.63, 3.8) is 0 Å². The number of rotatable bonds is 4. The monoisotopic (exact) mass is 332 g/mol. The molecule has 0 saturated carbocycles. The third-order valence-corrected chi connectivity index (χ3v) is 4.60. The van der Waals surface area contributed by atoms with Gasteiger partial charge in [0.2, 0.25) is 0 Å². The van der Waals surface area contributed by atoms with Crippen molar-refractivity contribution in [2.24, 2.45) is 0 Å². The number of nitrogens with zero attached hydrogens (tertiary/aromatic N) is 2.